The number of benzene rings is 1. The van der Waals surface area contributed by atoms with Gasteiger partial charge in [-0.3, -0.25) is 9.46 Å². The Balaban J connectivity index is 1.51. The zero-order chi connectivity index (χ0) is 20.0. The van der Waals surface area contributed by atoms with Gasteiger partial charge in [-0.2, -0.15) is 0 Å². The topological polar surface area (TPSA) is 82.1 Å². The summed E-state index contributed by atoms with van der Waals surface area (Å²) in [6.45, 7) is 1.59. The lowest BCUT2D eigenvalue weighted by atomic mass is 9.98. The first-order valence-electron chi connectivity index (χ1n) is 9.83. The lowest BCUT2D eigenvalue weighted by Gasteiger charge is -2.26. The Morgan fingerprint density at radius 2 is 1.93 bits per heavy atom. The molecule has 0 radical (unpaired) electrons. The number of carbonyl (C=O) groups is 2. The number of hydrogen-bond acceptors (Lipinski definition) is 6. The summed E-state index contributed by atoms with van der Waals surface area (Å²) in [6.07, 6.45) is 5.14. The van der Waals surface area contributed by atoms with Crippen molar-refractivity contribution in [2.24, 2.45) is 0 Å². The largest absolute Gasteiger partial charge is 0.444 e. The third kappa shape index (κ3) is 5.82. The predicted octanol–water partition coefficient (Wildman–Crippen LogP) is 4.16. The lowest BCUT2D eigenvalue weighted by Crippen LogP contribution is -2.39. The maximum atomic E-state index is 12.8. The molecule has 0 N–H and O–H groups in total. The maximum Gasteiger partial charge on any atom is 0.413 e. The van der Waals surface area contributed by atoms with Gasteiger partial charge in [-0.15, -0.1) is 0 Å². The first-order chi connectivity index (χ1) is 13.4. The molecule has 2 atom stereocenters. The highest BCUT2D eigenvalue weighted by Crippen LogP contribution is 2.47. The van der Waals surface area contributed by atoms with Crippen molar-refractivity contribution in [1.29, 1.82) is 0 Å². The molecule has 0 spiro atoms. The Kier molecular flexibility index (Phi) is 7.13. The molecule has 2 fully saturated rings. The van der Waals surface area contributed by atoms with Gasteiger partial charge in [-0.05, 0) is 24.8 Å². The van der Waals surface area contributed by atoms with E-state index in [0.717, 1.165) is 31.2 Å². The van der Waals surface area contributed by atoms with Crippen LogP contribution in [-0.4, -0.2) is 48.7 Å². The van der Waals surface area contributed by atoms with Gasteiger partial charge in [0.15, 0.2) is 6.73 Å². The van der Waals surface area contributed by atoms with Crippen LogP contribution in [0.3, 0.4) is 0 Å². The van der Waals surface area contributed by atoms with E-state index in [9.17, 15) is 14.2 Å². The van der Waals surface area contributed by atoms with Crippen LogP contribution < -0.4 is 0 Å². The summed E-state index contributed by atoms with van der Waals surface area (Å²) in [4.78, 5) is 25.7. The van der Waals surface area contributed by atoms with Gasteiger partial charge in [0.2, 0.25) is 7.37 Å². The van der Waals surface area contributed by atoms with E-state index >= 15 is 0 Å². The fraction of sp³-hybridized carbons (Fsp3) is 0.600. The van der Waals surface area contributed by atoms with Crippen LogP contribution in [0.5, 0.6) is 0 Å². The van der Waals surface area contributed by atoms with E-state index in [1.807, 2.05) is 30.3 Å². The fourth-order valence-corrected chi connectivity index (χ4v) is 5.26. The molecule has 28 heavy (non-hydrogen) atoms. The molecule has 2 aliphatic rings. The zero-order valence-corrected chi connectivity index (χ0v) is 17.1. The lowest BCUT2D eigenvalue weighted by molar-refractivity contribution is -0.139. The minimum atomic E-state index is -2.85. The van der Waals surface area contributed by atoms with Crippen LogP contribution >= 0.6 is 7.37 Å². The number of hydrogen-bond donors (Lipinski definition) is 0. The second-order valence-corrected chi connectivity index (χ2v) is 10.2. The summed E-state index contributed by atoms with van der Waals surface area (Å²) in [6, 6.07) is 8.52. The van der Waals surface area contributed by atoms with Gasteiger partial charge in [0.05, 0.1) is 6.10 Å². The second-order valence-electron chi connectivity index (χ2n) is 7.51. The Morgan fingerprint density at radius 1 is 1.21 bits per heavy atom. The molecule has 1 amide bonds. The average Bonchev–Trinajstić information content (AvgIpc) is 3.06. The molecule has 1 saturated heterocycles. The molecule has 7 nitrogen and oxygen atoms in total. The maximum absolute atomic E-state index is 12.8. The van der Waals surface area contributed by atoms with E-state index in [-0.39, 0.29) is 32.0 Å². The normalized spacial score (nSPS) is 22.5. The zero-order valence-electron chi connectivity index (χ0n) is 16.2. The summed E-state index contributed by atoms with van der Waals surface area (Å²) in [5.41, 5.74) is 0.859. The molecular formula is C20H28NO6P. The Labute approximate surface area is 165 Å². The standard InChI is InChI=1S/C20H28NO6P/c1-28(24,27-17-10-6-3-7-11-17)13-12-18-19(22)26-15-21(18)20(23)25-14-16-8-4-2-5-9-16/h2,4-5,8-9,17-18H,3,6-7,10-15H2,1H3. The molecule has 1 aromatic rings. The number of nitrogens with zero attached hydrogens (tertiary/aromatic N) is 1. The molecule has 2 unspecified atom stereocenters. The van der Waals surface area contributed by atoms with Crippen LogP contribution in [0.25, 0.3) is 0 Å². The molecule has 1 heterocycles. The molecule has 1 aliphatic heterocycles. The van der Waals surface area contributed by atoms with Crippen molar-refractivity contribution in [2.75, 3.05) is 19.6 Å². The Hall–Kier alpha value is -1.85. The molecule has 1 aromatic carbocycles. The quantitative estimate of drug-likeness (QED) is 0.497. The first-order valence-corrected chi connectivity index (χ1v) is 12.1. The molecule has 1 saturated carbocycles. The van der Waals surface area contributed by atoms with E-state index in [1.165, 1.54) is 11.3 Å². The molecule has 154 valence electrons. The number of carbonyl (C=O) groups excluding carboxylic acids is 2. The third-order valence-electron chi connectivity index (χ3n) is 5.17. The predicted molar refractivity (Wildman–Crippen MR) is 104 cm³/mol. The van der Waals surface area contributed by atoms with Crippen molar-refractivity contribution in [3.8, 4) is 0 Å². The molecule has 3 rings (SSSR count). The van der Waals surface area contributed by atoms with E-state index in [2.05, 4.69) is 0 Å². The molecule has 0 bridgehead atoms. The van der Waals surface area contributed by atoms with Crippen LogP contribution in [0, 0.1) is 0 Å². The summed E-state index contributed by atoms with van der Waals surface area (Å²) < 4.78 is 29.0. The summed E-state index contributed by atoms with van der Waals surface area (Å²) in [5, 5.41) is 0. The average molecular weight is 409 g/mol. The highest BCUT2D eigenvalue weighted by molar-refractivity contribution is 7.58. The summed E-state index contributed by atoms with van der Waals surface area (Å²) in [7, 11) is -2.85. The van der Waals surface area contributed by atoms with E-state index in [1.54, 1.807) is 6.66 Å². The van der Waals surface area contributed by atoms with Gasteiger partial charge < -0.3 is 14.0 Å². The molecule has 8 heteroatoms. The number of cyclic esters (lactones) is 1. The van der Waals surface area contributed by atoms with E-state index in [4.69, 9.17) is 14.0 Å². The molecule has 0 aromatic heterocycles. The Morgan fingerprint density at radius 3 is 2.64 bits per heavy atom. The van der Waals surface area contributed by atoms with Crippen LogP contribution in [-0.2, 0) is 30.0 Å². The van der Waals surface area contributed by atoms with Crippen molar-refractivity contribution in [2.45, 2.75) is 57.3 Å². The van der Waals surface area contributed by atoms with E-state index < -0.39 is 25.5 Å². The van der Waals surface area contributed by atoms with Gasteiger partial charge in [0, 0.05) is 12.8 Å². The van der Waals surface area contributed by atoms with Crippen molar-refractivity contribution in [3.63, 3.8) is 0 Å². The molecular weight excluding hydrogens is 381 g/mol. The first kappa shape index (κ1) is 20.9. The highest BCUT2D eigenvalue weighted by atomic mass is 31.2. The van der Waals surface area contributed by atoms with Gasteiger partial charge in [-0.25, -0.2) is 9.59 Å². The minimum absolute atomic E-state index is 0.0343. The van der Waals surface area contributed by atoms with Crippen molar-refractivity contribution in [3.05, 3.63) is 35.9 Å². The second kappa shape index (κ2) is 9.57. The van der Waals surface area contributed by atoms with Crippen molar-refractivity contribution < 1.29 is 28.2 Å². The fourth-order valence-electron chi connectivity index (χ4n) is 3.60. The number of rotatable bonds is 7. The summed E-state index contributed by atoms with van der Waals surface area (Å²) >= 11 is 0. The summed E-state index contributed by atoms with van der Waals surface area (Å²) in [5.74, 6) is -0.491. The third-order valence-corrected chi connectivity index (χ3v) is 6.98. The van der Waals surface area contributed by atoms with E-state index in [0.29, 0.717) is 0 Å². The van der Waals surface area contributed by atoms with Crippen LogP contribution in [0.2, 0.25) is 0 Å². The van der Waals surface area contributed by atoms with Gasteiger partial charge in [0.1, 0.15) is 12.6 Å². The Bertz CT molecular complexity index is 719. The minimum Gasteiger partial charge on any atom is -0.444 e. The van der Waals surface area contributed by atoms with Gasteiger partial charge in [-0.1, -0.05) is 49.6 Å². The van der Waals surface area contributed by atoms with Crippen LogP contribution in [0.4, 0.5) is 4.79 Å². The highest BCUT2D eigenvalue weighted by Gasteiger charge is 2.40. The van der Waals surface area contributed by atoms with Gasteiger partial charge in [0.25, 0.3) is 0 Å². The molecule has 1 aliphatic carbocycles. The number of ether oxygens (including phenoxy) is 2. The monoisotopic (exact) mass is 409 g/mol. The SMILES string of the molecule is CP(=O)(CCC1C(=O)OCN1C(=O)OCc1ccccc1)OC1CCCCC1. The van der Waals surface area contributed by atoms with Gasteiger partial charge >= 0.3 is 12.1 Å². The van der Waals surface area contributed by atoms with Crippen molar-refractivity contribution in [1.82, 2.24) is 4.90 Å². The number of esters is 1. The van der Waals surface area contributed by atoms with Crippen LogP contribution in [0.15, 0.2) is 30.3 Å². The smallest absolute Gasteiger partial charge is 0.413 e. The van der Waals surface area contributed by atoms with Crippen LogP contribution in [0.1, 0.15) is 44.1 Å². The van der Waals surface area contributed by atoms with Crippen molar-refractivity contribution >= 4 is 19.4 Å². The number of amides is 1.